The number of ether oxygens (including phenoxy) is 1. The van der Waals surface area contributed by atoms with Crippen molar-refractivity contribution < 1.29 is 4.74 Å². The number of fused-ring (bicyclic) bond motifs is 1. The van der Waals surface area contributed by atoms with Crippen LogP contribution in [0.5, 0.6) is 5.88 Å². The maximum Gasteiger partial charge on any atom is 0.224 e. The molecule has 0 amide bonds. The third-order valence-electron chi connectivity index (χ3n) is 4.29. The maximum absolute atomic E-state index is 9.60. The van der Waals surface area contributed by atoms with Crippen LogP contribution < -0.4 is 10.5 Å². The molecule has 8 heteroatoms. The second-order valence-electron chi connectivity index (χ2n) is 5.78. The number of aromatic nitrogens is 5. The molecule has 8 nitrogen and oxygen atoms in total. The number of hydrogen-bond acceptors (Lipinski definition) is 6. The zero-order chi connectivity index (χ0) is 17.6. The smallest absolute Gasteiger partial charge is 0.224 e. The fraction of sp³-hybridized carbons (Fsp3) is 0.176. The lowest BCUT2D eigenvalue weighted by atomic mass is 9.84. The number of nitriles is 1. The van der Waals surface area contributed by atoms with Crippen LogP contribution in [0, 0.1) is 18.3 Å². The number of allylic oxidation sites excluding steroid dienone is 1. The summed E-state index contributed by atoms with van der Waals surface area (Å²) in [6.45, 7) is 1.90. The third kappa shape index (κ3) is 2.25. The lowest BCUT2D eigenvalue weighted by molar-refractivity contribution is 0.358. The Morgan fingerprint density at radius 3 is 2.68 bits per heavy atom. The van der Waals surface area contributed by atoms with Crippen LogP contribution in [0.1, 0.15) is 22.7 Å². The molecule has 1 aliphatic heterocycles. The maximum atomic E-state index is 9.60. The normalized spacial score (nSPS) is 16.3. The minimum Gasteiger partial charge on any atom is -0.422 e. The van der Waals surface area contributed by atoms with Gasteiger partial charge in [0.2, 0.25) is 11.8 Å². The molecule has 3 heterocycles. The van der Waals surface area contributed by atoms with Gasteiger partial charge in [-0.05, 0) is 24.6 Å². The Bertz CT molecular complexity index is 1010. The minimum atomic E-state index is -0.313. The monoisotopic (exact) mass is 333 g/mol. The molecule has 124 valence electrons. The first-order valence-electron chi connectivity index (χ1n) is 7.66. The van der Waals surface area contributed by atoms with E-state index in [4.69, 9.17) is 10.5 Å². The van der Waals surface area contributed by atoms with Crippen molar-refractivity contribution in [1.29, 1.82) is 5.26 Å². The quantitative estimate of drug-likeness (QED) is 0.762. The number of hydrogen-bond donors (Lipinski definition) is 1. The number of benzene rings is 1. The van der Waals surface area contributed by atoms with E-state index in [-0.39, 0.29) is 11.8 Å². The van der Waals surface area contributed by atoms with Crippen molar-refractivity contribution in [3.8, 4) is 17.6 Å². The van der Waals surface area contributed by atoms with Gasteiger partial charge in [0.25, 0.3) is 0 Å². The number of rotatable bonds is 2. The standard InChI is InChI=1S/C17H15N7O/c1-10-14-15(13(7-18)16(19)25-17(14)23(2)22-10)11-3-5-12(6-4-11)24-9-20-8-21-24/h3-6,8-9,15H,19H2,1-2H3. The van der Waals surface area contributed by atoms with Gasteiger partial charge < -0.3 is 10.5 Å². The summed E-state index contributed by atoms with van der Waals surface area (Å²) in [5.74, 6) is 0.370. The first-order valence-corrected chi connectivity index (χ1v) is 7.66. The largest absolute Gasteiger partial charge is 0.422 e. The summed E-state index contributed by atoms with van der Waals surface area (Å²) >= 11 is 0. The molecule has 1 unspecified atom stereocenters. The van der Waals surface area contributed by atoms with Crippen LogP contribution >= 0.6 is 0 Å². The molecule has 2 aromatic heterocycles. The Labute approximate surface area is 143 Å². The molecule has 0 radical (unpaired) electrons. The van der Waals surface area contributed by atoms with E-state index in [1.54, 1.807) is 22.7 Å². The summed E-state index contributed by atoms with van der Waals surface area (Å²) in [5.41, 5.74) is 9.86. The predicted octanol–water partition coefficient (Wildman–Crippen LogP) is 1.53. The van der Waals surface area contributed by atoms with Crippen LogP contribution in [0.4, 0.5) is 0 Å². The zero-order valence-electron chi connectivity index (χ0n) is 13.7. The lowest BCUT2D eigenvalue weighted by Gasteiger charge is -2.24. The summed E-state index contributed by atoms with van der Waals surface area (Å²) in [4.78, 5) is 3.95. The summed E-state index contributed by atoms with van der Waals surface area (Å²) in [5, 5.41) is 18.1. The number of aryl methyl sites for hydroxylation is 2. The van der Waals surface area contributed by atoms with Gasteiger partial charge in [-0.25, -0.2) is 14.3 Å². The van der Waals surface area contributed by atoms with Crippen molar-refractivity contribution in [2.75, 3.05) is 0 Å². The summed E-state index contributed by atoms with van der Waals surface area (Å²) in [6, 6.07) is 9.94. The van der Waals surface area contributed by atoms with Crippen LogP contribution in [-0.4, -0.2) is 24.5 Å². The molecule has 4 rings (SSSR count). The van der Waals surface area contributed by atoms with E-state index in [9.17, 15) is 5.26 Å². The number of nitrogens with two attached hydrogens (primary N) is 1. The van der Waals surface area contributed by atoms with Crippen molar-refractivity contribution in [3.63, 3.8) is 0 Å². The van der Waals surface area contributed by atoms with Crippen molar-refractivity contribution in [3.05, 3.63) is 65.2 Å². The molecule has 0 saturated heterocycles. The molecule has 2 N–H and O–H groups in total. The minimum absolute atomic E-state index is 0.114. The molecule has 1 atom stereocenters. The molecule has 0 spiro atoms. The van der Waals surface area contributed by atoms with E-state index in [1.807, 2.05) is 31.2 Å². The first kappa shape index (κ1) is 15.0. The van der Waals surface area contributed by atoms with Crippen LogP contribution in [-0.2, 0) is 7.05 Å². The van der Waals surface area contributed by atoms with Gasteiger partial charge in [-0.3, -0.25) is 0 Å². The first-order chi connectivity index (χ1) is 12.1. The third-order valence-corrected chi connectivity index (χ3v) is 4.29. The molecule has 3 aromatic rings. The van der Waals surface area contributed by atoms with Crippen LogP contribution in [0.2, 0.25) is 0 Å². The van der Waals surface area contributed by atoms with Gasteiger partial charge in [-0.1, -0.05) is 12.1 Å². The van der Waals surface area contributed by atoms with Crippen molar-refractivity contribution in [2.24, 2.45) is 12.8 Å². The average molecular weight is 333 g/mol. The SMILES string of the molecule is Cc1nn(C)c2c1C(c1ccc(-n3cncn3)cc1)C(C#N)=C(N)O2. The van der Waals surface area contributed by atoms with Gasteiger partial charge in [-0.2, -0.15) is 15.5 Å². The fourth-order valence-electron chi connectivity index (χ4n) is 3.17. The molecule has 1 aliphatic rings. The van der Waals surface area contributed by atoms with Crippen LogP contribution in [0.3, 0.4) is 0 Å². The molecular weight excluding hydrogens is 318 g/mol. The van der Waals surface area contributed by atoms with Gasteiger partial charge in [0, 0.05) is 7.05 Å². The summed E-state index contributed by atoms with van der Waals surface area (Å²) in [6.07, 6.45) is 3.11. The molecule has 0 aliphatic carbocycles. The van der Waals surface area contributed by atoms with E-state index in [0.717, 1.165) is 22.5 Å². The number of nitrogens with zero attached hydrogens (tertiary/aromatic N) is 6. The Hall–Kier alpha value is -3.60. The predicted molar refractivity (Wildman–Crippen MR) is 88.6 cm³/mol. The molecule has 0 bridgehead atoms. The van der Waals surface area contributed by atoms with E-state index in [0.29, 0.717) is 11.5 Å². The zero-order valence-corrected chi connectivity index (χ0v) is 13.7. The highest BCUT2D eigenvalue weighted by atomic mass is 16.5. The average Bonchev–Trinajstić information content (AvgIpc) is 3.23. The van der Waals surface area contributed by atoms with E-state index < -0.39 is 0 Å². The van der Waals surface area contributed by atoms with Gasteiger partial charge >= 0.3 is 0 Å². The molecule has 25 heavy (non-hydrogen) atoms. The lowest BCUT2D eigenvalue weighted by Crippen LogP contribution is -2.21. The van der Waals surface area contributed by atoms with Gasteiger partial charge in [0.05, 0.1) is 22.9 Å². The topological polar surface area (TPSA) is 108 Å². The highest BCUT2D eigenvalue weighted by Crippen LogP contribution is 2.43. The summed E-state index contributed by atoms with van der Waals surface area (Å²) < 4.78 is 8.95. The van der Waals surface area contributed by atoms with Gasteiger partial charge in [0.15, 0.2) is 0 Å². The second kappa shape index (κ2) is 5.49. The second-order valence-corrected chi connectivity index (χ2v) is 5.78. The molecular formula is C17H15N7O. The van der Waals surface area contributed by atoms with Crippen LogP contribution in [0.25, 0.3) is 5.69 Å². The Kier molecular flexibility index (Phi) is 3.28. The highest BCUT2D eigenvalue weighted by molar-refractivity contribution is 5.56. The Morgan fingerprint density at radius 1 is 1.28 bits per heavy atom. The molecule has 1 aromatic carbocycles. The molecule has 0 saturated carbocycles. The highest BCUT2D eigenvalue weighted by Gasteiger charge is 2.35. The van der Waals surface area contributed by atoms with E-state index >= 15 is 0 Å². The Balaban J connectivity index is 1.85. The van der Waals surface area contributed by atoms with E-state index in [1.165, 1.54) is 6.33 Å². The van der Waals surface area contributed by atoms with Crippen molar-refractivity contribution in [1.82, 2.24) is 24.5 Å². The van der Waals surface area contributed by atoms with Gasteiger partial charge in [0.1, 0.15) is 24.3 Å². The van der Waals surface area contributed by atoms with Crippen molar-refractivity contribution >= 4 is 0 Å². The summed E-state index contributed by atoms with van der Waals surface area (Å²) in [7, 11) is 1.79. The van der Waals surface area contributed by atoms with Crippen molar-refractivity contribution in [2.45, 2.75) is 12.8 Å². The Morgan fingerprint density at radius 2 is 2.04 bits per heavy atom. The van der Waals surface area contributed by atoms with E-state index in [2.05, 4.69) is 21.3 Å². The van der Waals surface area contributed by atoms with Crippen LogP contribution in [0.15, 0.2) is 48.4 Å². The fourth-order valence-corrected chi connectivity index (χ4v) is 3.17. The van der Waals surface area contributed by atoms with Gasteiger partial charge in [-0.15, -0.1) is 0 Å². The molecule has 0 fully saturated rings.